The summed E-state index contributed by atoms with van der Waals surface area (Å²) in [5.74, 6) is 1.74. The third-order valence-corrected chi connectivity index (χ3v) is 5.44. The summed E-state index contributed by atoms with van der Waals surface area (Å²) in [4.78, 5) is 0. The van der Waals surface area contributed by atoms with E-state index in [0.29, 0.717) is 10.8 Å². The van der Waals surface area contributed by atoms with Crippen molar-refractivity contribution in [1.29, 1.82) is 0 Å². The van der Waals surface area contributed by atoms with Gasteiger partial charge in [0.1, 0.15) is 0 Å². The molecule has 0 aromatic heterocycles. The van der Waals surface area contributed by atoms with E-state index in [1.165, 1.54) is 51.4 Å². The Labute approximate surface area is 190 Å². The van der Waals surface area contributed by atoms with Gasteiger partial charge in [-0.25, -0.2) is 0 Å². The van der Waals surface area contributed by atoms with Crippen molar-refractivity contribution in [2.75, 3.05) is 0 Å². The van der Waals surface area contributed by atoms with Gasteiger partial charge in [0.2, 0.25) is 0 Å². The Morgan fingerprint density at radius 1 is 0.609 bits per heavy atom. The Bertz CT molecular complexity index is 215. The monoisotopic (exact) mass is 402 g/mol. The van der Waals surface area contributed by atoms with E-state index in [2.05, 4.69) is 69.2 Å². The van der Waals surface area contributed by atoms with Gasteiger partial charge in [0, 0.05) is 0 Å². The van der Waals surface area contributed by atoms with E-state index in [1.54, 1.807) is 0 Å². The Balaban J connectivity index is -0.0000000952. The Morgan fingerprint density at radius 2 is 0.870 bits per heavy atom. The Hall–Kier alpha value is 1.48. The van der Waals surface area contributed by atoms with E-state index >= 15 is 0 Å². The molecule has 0 heterocycles. The van der Waals surface area contributed by atoms with Crippen molar-refractivity contribution in [3.8, 4) is 0 Å². The molecule has 140 valence electrons. The number of unbranched alkanes of at least 4 members (excludes halogenated alkanes) is 4. The van der Waals surface area contributed by atoms with Crippen molar-refractivity contribution in [3.63, 3.8) is 0 Å². The van der Waals surface area contributed by atoms with Crippen molar-refractivity contribution < 1.29 is 2.85 Å². The van der Waals surface area contributed by atoms with E-state index in [0.717, 1.165) is 11.8 Å². The molecule has 0 N–H and O–H groups in total. The first kappa shape index (κ1) is 29.3. The minimum absolute atomic E-state index is 0. The van der Waals surface area contributed by atoms with Crippen LogP contribution in [0.4, 0.5) is 0 Å². The predicted octanol–water partition coefficient (Wildman–Crippen LogP) is 8.34. The first-order valence-electron chi connectivity index (χ1n) is 9.96. The molecule has 0 aliphatic heterocycles. The average Bonchev–Trinajstić information content (AvgIpc) is 2.37. The predicted molar refractivity (Wildman–Crippen MR) is 114 cm³/mol. The molecule has 0 spiro atoms. The molecule has 0 aromatic carbocycles. The van der Waals surface area contributed by atoms with Gasteiger partial charge < -0.3 is 2.85 Å². The maximum atomic E-state index is 2.37. The van der Waals surface area contributed by atoms with E-state index < -0.39 is 0 Å². The molecule has 0 aliphatic rings. The first-order valence-corrected chi connectivity index (χ1v) is 9.96. The van der Waals surface area contributed by atoms with Crippen LogP contribution in [0.15, 0.2) is 0 Å². The summed E-state index contributed by atoms with van der Waals surface area (Å²) in [6.45, 7) is 23.3. The van der Waals surface area contributed by atoms with Crippen LogP contribution in [0.25, 0.3) is 0 Å². The zero-order chi connectivity index (χ0) is 17.8. The number of hydrogen-bond donors (Lipinski definition) is 0. The molecule has 2 atom stereocenters. The molecular formula is C22H50Sr. The fourth-order valence-corrected chi connectivity index (χ4v) is 2.27. The third kappa shape index (κ3) is 19.7. The van der Waals surface area contributed by atoms with E-state index in [1.807, 2.05) is 0 Å². The molecule has 0 rings (SSSR count). The van der Waals surface area contributed by atoms with Crippen LogP contribution in [0.1, 0.15) is 123 Å². The van der Waals surface area contributed by atoms with E-state index in [9.17, 15) is 0 Å². The molecule has 23 heavy (non-hydrogen) atoms. The molecule has 0 saturated carbocycles. The minimum atomic E-state index is 0. The van der Waals surface area contributed by atoms with Gasteiger partial charge in [-0.1, -0.05) is 121 Å². The minimum Gasteiger partial charge on any atom is -1.00 e. The molecule has 0 radical (unpaired) electrons. The standard InChI is InChI=1S/2C11H24.Sr.2H/c2*1-6-7-8-9-10(2)11(3,4)5;;;/h2*10H,6-9H2,1-5H3;;;/q;;+2;2*-1. The largest absolute Gasteiger partial charge is 2.00 e. The molecule has 0 aliphatic carbocycles. The summed E-state index contributed by atoms with van der Waals surface area (Å²) in [7, 11) is 0. The van der Waals surface area contributed by atoms with Crippen molar-refractivity contribution in [3.05, 3.63) is 0 Å². The van der Waals surface area contributed by atoms with Crippen LogP contribution in [0.2, 0.25) is 0 Å². The van der Waals surface area contributed by atoms with Gasteiger partial charge in [-0.15, -0.1) is 0 Å². The topological polar surface area (TPSA) is 0 Å². The molecular weight excluding hydrogens is 352 g/mol. The second kappa shape index (κ2) is 15.7. The van der Waals surface area contributed by atoms with Crippen LogP contribution >= 0.6 is 0 Å². The summed E-state index contributed by atoms with van der Waals surface area (Å²) in [5, 5.41) is 0. The van der Waals surface area contributed by atoms with Crippen LogP contribution in [0.3, 0.4) is 0 Å². The smallest absolute Gasteiger partial charge is 1.00 e. The summed E-state index contributed by atoms with van der Waals surface area (Å²) >= 11 is 0. The maximum absolute atomic E-state index is 2.37. The normalized spacial score (nSPS) is 14.3. The van der Waals surface area contributed by atoms with Gasteiger partial charge in [-0.05, 0) is 22.7 Å². The van der Waals surface area contributed by atoms with Gasteiger partial charge in [-0.2, -0.15) is 0 Å². The van der Waals surface area contributed by atoms with Gasteiger partial charge in [-0.3, -0.25) is 0 Å². The Kier molecular flexibility index (Phi) is 20.0. The number of hydrogen-bond acceptors (Lipinski definition) is 0. The summed E-state index contributed by atoms with van der Waals surface area (Å²) < 4.78 is 0. The Morgan fingerprint density at radius 3 is 1.04 bits per heavy atom. The molecule has 2 unspecified atom stereocenters. The SMILES string of the molecule is CCCCCC(C)C(C)(C)C.CCCCCC(C)C(C)(C)C.[H-].[H-].[Sr+2]. The van der Waals surface area contributed by atoms with E-state index in [4.69, 9.17) is 0 Å². The molecule has 0 aromatic rings. The van der Waals surface area contributed by atoms with Crippen LogP contribution < -0.4 is 0 Å². The van der Waals surface area contributed by atoms with Gasteiger partial charge in [0.15, 0.2) is 0 Å². The van der Waals surface area contributed by atoms with Gasteiger partial charge in [0.25, 0.3) is 0 Å². The van der Waals surface area contributed by atoms with Crippen molar-refractivity contribution >= 4 is 45.5 Å². The second-order valence-electron chi connectivity index (χ2n) is 9.53. The molecule has 0 bridgehead atoms. The molecule has 0 amide bonds. The van der Waals surface area contributed by atoms with Crippen molar-refractivity contribution in [2.24, 2.45) is 22.7 Å². The summed E-state index contributed by atoms with van der Waals surface area (Å²) in [5.41, 5.74) is 1.02. The first-order chi connectivity index (χ1) is 9.96. The van der Waals surface area contributed by atoms with Crippen molar-refractivity contribution in [2.45, 2.75) is 121 Å². The molecule has 0 fully saturated rings. The van der Waals surface area contributed by atoms with Gasteiger partial charge in [0.05, 0.1) is 0 Å². The average molecular weight is 402 g/mol. The second-order valence-corrected chi connectivity index (χ2v) is 9.53. The number of rotatable bonds is 8. The van der Waals surface area contributed by atoms with Crippen LogP contribution in [-0.4, -0.2) is 45.5 Å². The van der Waals surface area contributed by atoms with Crippen LogP contribution in [-0.2, 0) is 0 Å². The zero-order valence-corrected chi connectivity index (χ0v) is 22.0. The molecule has 0 saturated heterocycles. The fourth-order valence-electron chi connectivity index (χ4n) is 2.27. The maximum Gasteiger partial charge on any atom is 2.00 e. The van der Waals surface area contributed by atoms with Crippen molar-refractivity contribution in [1.82, 2.24) is 0 Å². The van der Waals surface area contributed by atoms with Gasteiger partial charge >= 0.3 is 45.5 Å². The zero-order valence-electron chi connectivity index (χ0n) is 20.5. The third-order valence-electron chi connectivity index (χ3n) is 5.44. The fraction of sp³-hybridized carbons (Fsp3) is 1.00. The quantitative estimate of drug-likeness (QED) is 0.283. The van der Waals surface area contributed by atoms with Crippen LogP contribution in [0, 0.1) is 22.7 Å². The molecule has 1 heteroatoms. The van der Waals surface area contributed by atoms with Crippen LogP contribution in [0.5, 0.6) is 0 Å². The molecule has 0 nitrogen and oxygen atoms in total. The summed E-state index contributed by atoms with van der Waals surface area (Å²) in [6, 6.07) is 0. The van der Waals surface area contributed by atoms with E-state index in [-0.39, 0.29) is 48.3 Å². The summed E-state index contributed by atoms with van der Waals surface area (Å²) in [6.07, 6.45) is 11.1.